The summed E-state index contributed by atoms with van der Waals surface area (Å²) >= 11 is 0. The van der Waals surface area contributed by atoms with E-state index in [1.165, 1.54) is 19.9 Å². The summed E-state index contributed by atoms with van der Waals surface area (Å²) in [6, 6.07) is 12.8. The van der Waals surface area contributed by atoms with E-state index in [-0.39, 0.29) is 23.4 Å². The van der Waals surface area contributed by atoms with Gasteiger partial charge in [-0.05, 0) is 35.7 Å². The van der Waals surface area contributed by atoms with Crippen molar-refractivity contribution in [3.8, 4) is 0 Å². The van der Waals surface area contributed by atoms with E-state index in [4.69, 9.17) is 0 Å². The molecule has 0 saturated heterocycles. The van der Waals surface area contributed by atoms with Gasteiger partial charge in [0.25, 0.3) is 0 Å². The van der Waals surface area contributed by atoms with Crippen LogP contribution in [-0.4, -0.2) is 38.3 Å². The largest absolute Gasteiger partial charge is 0.352 e. The van der Waals surface area contributed by atoms with Gasteiger partial charge in [0.1, 0.15) is 0 Å². The van der Waals surface area contributed by atoms with Gasteiger partial charge in [-0.3, -0.25) is 4.79 Å². The minimum Gasteiger partial charge on any atom is -0.352 e. The molecule has 1 saturated carbocycles. The molecule has 2 aromatic rings. The Balaban J connectivity index is 1.68. The Morgan fingerprint density at radius 2 is 1.69 bits per heavy atom. The summed E-state index contributed by atoms with van der Waals surface area (Å²) in [5, 5.41) is 4.85. The van der Waals surface area contributed by atoms with Crippen LogP contribution in [-0.2, 0) is 14.8 Å². The van der Waals surface area contributed by atoms with Gasteiger partial charge in [-0.1, -0.05) is 56.0 Å². The van der Waals surface area contributed by atoms with Gasteiger partial charge in [0.2, 0.25) is 15.9 Å². The number of amides is 1. The standard InChI is InChI=1S/C20H26N2O3S/c1-22(15-20(23)21-18-10-4-2-3-5-11-18)26(24,25)19-13-12-16-8-6-7-9-17(16)14-19/h6-9,12-14,18H,2-5,10-11,15H2,1H3,(H,21,23). The van der Waals surface area contributed by atoms with Crippen LogP contribution in [0.2, 0.25) is 0 Å². The molecule has 2 aromatic carbocycles. The number of carbonyl (C=O) groups excluding carboxylic acids is 1. The fourth-order valence-electron chi connectivity index (χ4n) is 3.49. The molecule has 1 amide bonds. The summed E-state index contributed by atoms with van der Waals surface area (Å²) in [5.74, 6) is -0.233. The van der Waals surface area contributed by atoms with E-state index in [0.29, 0.717) is 0 Å². The third-order valence-corrected chi connectivity index (χ3v) is 6.82. The normalized spacial score (nSPS) is 16.5. The molecule has 0 unspecified atom stereocenters. The highest BCUT2D eigenvalue weighted by Crippen LogP contribution is 2.21. The fourth-order valence-corrected chi connectivity index (χ4v) is 4.66. The molecule has 1 fully saturated rings. The van der Waals surface area contributed by atoms with Crippen LogP contribution >= 0.6 is 0 Å². The summed E-state index contributed by atoms with van der Waals surface area (Å²) in [6.45, 7) is -0.161. The number of hydrogen-bond donors (Lipinski definition) is 1. The highest BCUT2D eigenvalue weighted by Gasteiger charge is 2.24. The second-order valence-corrected chi connectivity index (χ2v) is 9.07. The SMILES string of the molecule is CN(CC(=O)NC1CCCCCC1)S(=O)(=O)c1ccc2ccccc2c1. The van der Waals surface area contributed by atoms with E-state index >= 15 is 0 Å². The molecule has 0 spiro atoms. The number of sulfonamides is 1. The molecule has 0 heterocycles. The molecule has 0 radical (unpaired) electrons. The smallest absolute Gasteiger partial charge is 0.243 e. The number of hydrogen-bond acceptors (Lipinski definition) is 3. The van der Waals surface area contributed by atoms with E-state index in [2.05, 4.69) is 5.32 Å². The Kier molecular flexibility index (Phi) is 5.94. The quantitative estimate of drug-likeness (QED) is 0.817. The van der Waals surface area contributed by atoms with E-state index < -0.39 is 10.0 Å². The van der Waals surface area contributed by atoms with Gasteiger partial charge in [0.15, 0.2) is 0 Å². The molecular formula is C20H26N2O3S. The van der Waals surface area contributed by atoms with Gasteiger partial charge in [-0.15, -0.1) is 0 Å². The number of likely N-dealkylation sites (N-methyl/N-ethyl adjacent to an activating group) is 1. The first kappa shape index (κ1) is 18.9. The number of fused-ring (bicyclic) bond motifs is 1. The first-order valence-corrected chi connectivity index (χ1v) is 10.7. The third-order valence-electron chi connectivity index (χ3n) is 5.02. The number of rotatable bonds is 5. The van der Waals surface area contributed by atoms with Crippen molar-refractivity contribution in [3.05, 3.63) is 42.5 Å². The maximum absolute atomic E-state index is 12.8. The van der Waals surface area contributed by atoms with Crippen molar-refractivity contribution in [2.75, 3.05) is 13.6 Å². The number of nitrogens with one attached hydrogen (secondary N) is 1. The molecule has 0 atom stereocenters. The van der Waals surface area contributed by atoms with Gasteiger partial charge in [0, 0.05) is 13.1 Å². The highest BCUT2D eigenvalue weighted by atomic mass is 32.2. The van der Waals surface area contributed by atoms with Crippen LogP contribution in [0, 0.1) is 0 Å². The summed E-state index contributed by atoms with van der Waals surface area (Å²) < 4.78 is 26.7. The number of nitrogens with zero attached hydrogens (tertiary/aromatic N) is 1. The fraction of sp³-hybridized carbons (Fsp3) is 0.450. The Bertz CT molecular complexity index is 872. The van der Waals surface area contributed by atoms with E-state index in [9.17, 15) is 13.2 Å². The van der Waals surface area contributed by atoms with Gasteiger partial charge >= 0.3 is 0 Å². The van der Waals surface area contributed by atoms with Crippen molar-refractivity contribution in [2.24, 2.45) is 0 Å². The zero-order chi connectivity index (χ0) is 18.6. The van der Waals surface area contributed by atoms with Crippen molar-refractivity contribution in [1.29, 1.82) is 0 Å². The van der Waals surface area contributed by atoms with Gasteiger partial charge in [0.05, 0.1) is 11.4 Å². The van der Waals surface area contributed by atoms with Crippen molar-refractivity contribution < 1.29 is 13.2 Å². The molecule has 0 aliphatic heterocycles. The minimum absolute atomic E-state index is 0.161. The predicted molar refractivity (Wildman–Crippen MR) is 103 cm³/mol. The molecule has 3 rings (SSSR count). The first-order valence-electron chi connectivity index (χ1n) is 9.21. The van der Waals surface area contributed by atoms with Crippen molar-refractivity contribution >= 4 is 26.7 Å². The molecular weight excluding hydrogens is 348 g/mol. The molecule has 0 aromatic heterocycles. The second kappa shape index (κ2) is 8.18. The van der Waals surface area contributed by atoms with Gasteiger partial charge in [-0.25, -0.2) is 8.42 Å². The van der Waals surface area contributed by atoms with Crippen LogP contribution in [0.5, 0.6) is 0 Å². The van der Waals surface area contributed by atoms with Gasteiger partial charge in [-0.2, -0.15) is 4.31 Å². The van der Waals surface area contributed by atoms with Crippen LogP contribution in [0.15, 0.2) is 47.4 Å². The highest BCUT2D eigenvalue weighted by molar-refractivity contribution is 7.89. The average Bonchev–Trinajstić information content (AvgIpc) is 2.89. The Hall–Kier alpha value is -1.92. The summed E-state index contributed by atoms with van der Waals surface area (Å²) in [6.07, 6.45) is 6.62. The van der Waals surface area contributed by atoms with Crippen LogP contribution in [0.1, 0.15) is 38.5 Å². The predicted octanol–water partition coefficient (Wildman–Crippen LogP) is 3.30. The van der Waals surface area contributed by atoms with Crippen molar-refractivity contribution in [3.63, 3.8) is 0 Å². The average molecular weight is 375 g/mol. The molecule has 1 N–H and O–H groups in total. The zero-order valence-corrected chi connectivity index (χ0v) is 16.0. The first-order chi connectivity index (χ1) is 12.5. The zero-order valence-electron chi connectivity index (χ0n) is 15.1. The lowest BCUT2D eigenvalue weighted by molar-refractivity contribution is -0.121. The molecule has 140 valence electrons. The Labute approximate surface area is 155 Å². The van der Waals surface area contributed by atoms with Crippen molar-refractivity contribution in [1.82, 2.24) is 9.62 Å². The van der Waals surface area contributed by atoms with E-state index in [1.807, 2.05) is 24.3 Å². The minimum atomic E-state index is -3.70. The maximum atomic E-state index is 12.8. The summed E-state index contributed by atoms with van der Waals surface area (Å²) in [7, 11) is -2.25. The topological polar surface area (TPSA) is 66.5 Å². The lowest BCUT2D eigenvalue weighted by atomic mass is 10.1. The molecule has 6 heteroatoms. The summed E-state index contributed by atoms with van der Waals surface area (Å²) in [4.78, 5) is 12.5. The van der Waals surface area contributed by atoms with E-state index in [1.54, 1.807) is 18.2 Å². The molecule has 26 heavy (non-hydrogen) atoms. The lowest BCUT2D eigenvalue weighted by Gasteiger charge is -2.20. The molecule has 1 aliphatic carbocycles. The monoisotopic (exact) mass is 374 g/mol. The maximum Gasteiger partial charge on any atom is 0.243 e. The Morgan fingerprint density at radius 1 is 1.04 bits per heavy atom. The van der Waals surface area contributed by atoms with Crippen LogP contribution in [0.25, 0.3) is 10.8 Å². The van der Waals surface area contributed by atoms with Crippen LogP contribution in [0.3, 0.4) is 0 Å². The van der Waals surface area contributed by atoms with E-state index in [0.717, 1.165) is 40.8 Å². The lowest BCUT2D eigenvalue weighted by Crippen LogP contribution is -2.42. The number of carbonyl (C=O) groups is 1. The third kappa shape index (κ3) is 4.43. The van der Waals surface area contributed by atoms with Gasteiger partial charge < -0.3 is 5.32 Å². The van der Waals surface area contributed by atoms with Crippen LogP contribution in [0.4, 0.5) is 0 Å². The van der Waals surface area contributed by atoms with Crippen LogP contribution < -0.4 is 5.32 Å². The Morgan fingerprint density at radius 3 is 2.38 bits per heavy atom. The number of benzene rings is 2. The molecule has 1 aliphatic rings. The van der Waals surface area contributed by atoms with Crippen molar-refractivity contribution in [2.45, 2.75) is 49.5 Å². The molecule has 5 nitrogen and oxygen atoms in total. The molecule has 0 bridgehead atoms. The second-order valence-electron chi connectivity index (χ2n) is 7.03. The summed E-state index contributed by atoms with van der Waals surface area (Å²) in [5.41, 5.74) is 0.